The van der Waals surface area contributed by atoms with Crippen molar-refractivity contribution in [2.45, 2.75) is 6.61 Å². The number of rotatable bonds is 3. The van der Waals surface area contributed by atoms with E-state index in [2.05, 4.69) is 15.9 Å². The summed E-state index contributed by atoms with van der Waals surface area (Å²) in [5.41, 5.74) is 1.22. The molecule has 0 saturated heterocycles. The van der Waals surface area contributed by atoms with Gasteiger partial charge < -0.3 is 4.74 Å². The molecule has 0 bridgehead atoms. The monoisotopic (exact) mass is 339 g/mol. The zero-order valence-corrected chi connectivity index (χ0v) is 12.0. The van der Waals surface area contributed by atoms with Gasteiger partial charge in [-0.25, -0.2) is 4.39 Å². The highest BCUT2D eigenvalue weighted by Gasteiger charge is 2.05. The SMILES string of the molecule is N#Cc1ccc(OCc2ccc(F)cc2Br)cc1Cl. The highest BCUT2D eigenvalue weighted by atomic mass is 79.9. The lowest BCUT2D eigenvalue weighted by atomic mass is 10.2. The molecule has 0 spiro atoms. The van der Waals surface area contributed by atoms with Crippen LogP contribution in [0.1, 0.15) is 11.1 Å². The maximum absolute atomic E-state index is 12.9. The molecule has 2 aromatic carbocycles. The molecule has 96 valence electrons. The normalized spacial score (nSPS) is 10.0. The zero-order valence-electron chi connectivity index (χ0n) is 9.66. The summed E-state index contributed by atoms with van der Waals surface area (Å²) >= 11 is 9.17. The van der Waals surface area contributed by atoms with Crippen LogP contribution < -0.4 is 4.74 Å². The van der Waals surface area contributed by atoms with Crippen LogP contribution in [0, 0.1) is 17.1 Å². The van der Waals surface area contributed by atoms with Crippen LogP contribution in [0.5, 0.6) is 5.75 Å². The molecule has 0 radical (unpaired) electrons. The van der Waals surface area contributed by atoms with Gasteiger partial charge in [0, 0.05) is 16.1 Å². The first-order valence-electron chi connectivity index (χ1n) is 5.36. The molecule has 19 heavy (non-hydrogen) atoms. The van der Waals surface area contributed by atoms with Gasteiger partial charge in [0.2, 0.25) is 0 Å². The first-order valence-corrected chi connectivity index (χ1v) is 6.53. The Balaban J connectivity index is 2.10. The fraction of sp³-hybridized carbons (Fsp3) is 0.0714. The highest BCUT2D eigenvalue weighted by molar-refractivity contribution is 9.10. The second-order valence-corrected chi connectivity index (χ2v) is 5.04. The summed E-state index contributed by atoms with van der Waals surface area (Å²) in [5.74, 6) is 0.247. The lowest BCUT2D eigenvalue weighted by Crippen LogP contribution is -1.97. The number of benzene rings is 2. The molecule has 0 unspecified atom stereocenters. The van der Waals surface area contributed by atoms with Crippen LogP contribution in [-0.2, 0) is 6.61 Å². The first-order chi connectivity index (χ1) is 9.10. The molecule has 2 rings (SSSR count). The lowest BCUT2D eigenvalue weighted by Gasteiger charge is -2.08. The second kappa shape index (κ2) is 6.05. The quantitative estimate of drug-likeness (QED) is 0.812. The van der Waals surface area contributed by atoms with Crippen molar-refractivity contribution in [2.75, 3.05) is 0 Å². The molecule has 0 N–H and O–H groups in total. The molecule has 0 aliphatic heterocycles. The summed E-state index contributed by atoms with van der Waals surface area (Å²) in [6, 6.07) is 11.2. The van der Waals surface area contributed by atoms with Crippen LogP contribution in [0.15, 0.2) is 40.9 Å². The van der Waals surface area contributed by atoms with Gasteiger partial charge in [0.15, 0.2) is 0 Å². The van der Waals surface area contributed by atoms with E-state index in [0.29, 0.717) is 20.8 Å². The fourth-order valence-corrected chi connectivity index (χ4v) is 2.15. The van der Waals surface area contributed by atoms with Crippen LogP contribution in [0.25, 0.3) is 0 Å². The second-order valence-electron chi connectivity index (χ2n) is 3.78. The zero-order chi connectivity index (χ0) is 13.8. The van der Waals surface area contributed by atoms with Crippen molar-refractivity contribution in [3.63, 3.8) is 0 Å². The van der Waals surface area contributed by atoms with E-state index in [-0.39, 0.29) is 12.4 Å². The number of hydrogen-bond acceptors (Lipinski definition) is 2. The molecular formula is C14H8BrClFNO. The topological polar surface area (TPSA) is 33.0 Å². The largest absolute Gasteiger partial charge is 0.489 e. The Morgan fingerprint density at radius 3 is 2.68 bits per heavy atom. The molecule has 0 heterocycles. The van der Waals surface area contributed by atoms with Crippen LogP contribution in [0.4, 0.5) is 4.39 Å². The van der Waals surface area contributed by atoms with Crippen molar-refractivity contribution in [2.24, 2.45) is 0 Å². The Hall–Kier alpha value is -1.57. The van der Waals surface area contributed by atoms with Gasteiger partial charge in [-0.05, 0) is 24.3 Å². The van der Waals surface area contributed by atoms with E-state index in [9.17, 15) is 4.39 Å². The van der Waals surface area contributed by atoms with Gasteiger partial charge in [-0.3, -0.25) is 0 Å². The molecule has 0 amide bonds. The van der Waals surface area contributed by atoms with Gasteiger partial charge in [0.1, 0.15) is 24.2 Å². The molecule has 0 atom stereocenters. The van der Waals surface area contributed by atoms with Crippen molar-refractivity contribution < 1.29 is 9.13 Å². The number of hydrogen-bond donors (Lipinski definition) is 0. The Morgan fingerprint density at radius 2 is 2.05 bits per heavy atom. The lowest BCUT2D eigenvalue weighted by molar-refractivity contribution is 0.305. The predicted octanol–water partition coefficient (Wildman–Crippen LogP) is 4.69. The third kappa shape index (κ3) is 3.46. The summed E-state index contributed by atoms with van der Waals surface area (Å²) in [4.78, 5) is 0. The minimum Gasteiger partial charge on any atom is -0.489 e. The Kier molecular flexibility index (Phi) is 4.41. The number of halogens is 3. The van der Waals surface area contributed by atoms with E-state index in [4.69, 9.17) is 21.6 Å². The van der Waals surface area contributed by atoms with Gasteiger partial charge in [0.05, 0.1) is 10.6 Å². The van der Waals surface area contributed by atoms with E-state index < -0.39 is 0 Å². The van der Waals surface area contributed by atoms with Crippen LogP contribution in [-0.4, -0.2) is 0 Å². The minimum atomic E-state index is -0.308. The van der Waals surface area contributed by atoms with Crippen molar-refractivity contribution in [3.8, 4) is 11.8 Å². The summed E-state index contributed by atoms with van der Waals surface area (Å²) in [6.07, 6.45) is 0. The molecule has 0 fully saturated rings. The molecule has 2 aromatic rings. The maximum atomic E-state index is 12.9. The van der Waals surface area contributed by atoms with Crippen LogP contribution >= 0.6 is 27.5 Å². The van der Waals surface area contributed by atoms with E-state index in [0.717, 1.165) is 5.56 Å². The average molecular weight is 341 g/mol. The van der Waals surface area contributed by atoms with Crippen molar-refractivity contribution in [1.29, 1.82) is 5.26 Å². The van der Waals surface area contributed by atoms with Gasteiger partial charge >= 0.3 is 0 Å². The highest BCUT2D eigenvalue weighted by Crippen LogP contribution is 2.24. The van der Waals surface area contributed by atoms with Gasteiger partial charge in [-0.1, -0.05) is 33.6 Å². The third-order valence-corrected chi connectivity index (χ3v) is 3.52. The van der Waals surface area contributed by atoms with E-state index in [1.54, 1.807) is 24.3 Å². The molecule has 0 saturated carbocycles. The van der Waals surface area contributed by atoms with Crippen molar-refractivity contribution in [1.82, 2.24) is 0 Å². The van der Waals surface area contributed by atoms with Crippen LogP contribution in [0.3, 0.4) is 0 Å². The third-order valence-electron chi connectivity index (χ3n) is 2.47. The van der Waals surface area contributed by atoms with E-state index in [1.165, 1.54) is 12.1 Å². The molecule has 0 aromatic heterocycles. The van der Waals surface area contributed by atoms with Gasteiger partial charge in [-0.15, -0.1) is 0 Å². The number of nitriles is 1. The summed E-state index contributed by atoms with van der Waals surface area (Å²) in [6.45, 7) is 0.281. The van der Waals surface area contributed by atoms with Gasteiger partial charge in [0.25, 0.3) is 0 Å². The molecule has 0 aliphatic carbocycles. The molecule has 0 aliphatic rings. The fourth-order valence-electron chi connectivity index (χ4n) is 1.48. The minimum absolute atomic E-state index is 0.281. The summed E-state index contributed by atoms with van der Waals surface area (Å²) in [7, 11) is 0. The van der Waals surface area contributed by atoms with Gasteiger partial charge in [-0.2, -0.15) is 5.26 Å². The maximum Gasteiger partial charge on any atom is 0.124 e. The Bertz CT molecular complexity index is 654. The number of ether oxygens (including phenoxy) is 1. The summed E-state index contributed by atoms with van der Waals surface area (Å²) in [5, 5.41) is 9.11. The van der Waals surface area contributed by atoms with Crippen molar-refractivity contribution in [3.05, 3.63) is 62.8 Å². The summed E-state index contributed by atoms with van der Waals surface area (Å²) < 4.78 is 19.1. The first kappa shape index (κ1) is 13.9. The van der Waals surface area contributed by atoms with Crippen molar-refractivity contribution >= 4 is 27.5 Å². The number of nitrogens with zero attached hydrogens (tertiary/aromatic N) is 1. The molecular weight excluding hydrogens is 333 g/mol. The Morgan fingerprint density at radius 1 is 1.26 bits per heavy atom. The van der Waals surface area contributed by atoms with E-state index in [1.807, 2.05) is 6.07 Å². The smallest absolute Gasteiger partial charge is 0.124 e. The predicted molar refractivity (Wildman–Crippen MR) is 74.6 cm³/mol. The molecule has 5 heteroatoms. The average Bonchev–Trinajstić information content (AvgIpc) is 2.38. The van der Waals surface area contributed by atoms with Crippen LogP contribution in [0.2, 0.25) is 5.02 Å². The molecule has 2 nitrogen and oxygen atoms in total. The Labute approximate surface area is 123 Å². The standard InChI is InChI=1S/C14H8BrClFNO/c15-13-5-11(17)3-1-10(13)8-19-12-4-2-9(7-18)14(16)6-12/h1-6H,8H2. The van der Waals surface area contributed by atoms with E-state index >= 15 is 0 Å².